The zero-order valence-electron chi connectivity index (χ0n) is 13.0. The van der Waals surface area contributed by atoms with E-state index in [1.54, 1.807) is 6.07 Å². The van der Waals surface area contributed by atoms with Gasteiger partial charge in [0, 0.05) is 18.6 Å². The first-order valence-corrected chi connectivity index (χ1v) is 7.53. The first-order valence-electron chi connectivity index (χ1n) is 7.53. The van der Waals surface area contributed by atoms with Gasteiger partial charge in [-0.1, -0.05) is 42.5 Å². The molecule has 0 fully saturated rings. The van der Waals surface area contributed by atoms with Crippen molar-refractivity contribution in [2.45, 2.75) is 19.3 Å². The van der Waals surface area contributed by atoms with Crippen molar-refractivity contribution >= 4 is 17.5 Å². The molecule has 0 heterocycles. The van der Waals surface area contributed by atoms with Crippen LogP contribution < -0.4 is 0 Å². The molecule has 5 nitrogen and oxygen atoms in total. The summed E-state index contributed by atoms with van der Waals surface area (Å²) in [6, 6.07) is 17.6. The molecule has 0 N–H and O–H groups in total. The standard InChI is InChI=1S/C19H16N2O3/c20-14-17(12-16-9-4-10-18(13-16)21(23)24)19(22)11-5-8-15-6-2-1-3-7-15/h1-4,6-7,9-10,12-13H,5,8,11H2/b17-12+. The summed E-state index contributed by atoms with van der Waals surface area (Å²) >= 11 is 0. The quantitative estimate of drug-likeness (QED) is 0.333. The second-order valence-electron chi connectivity index (χ2n) is 5.28. The van der Waals surface area contributed by atoms with Gasteiger partial charge in [-0.05, 0) is 30.0 Å². The second kappa shape index (κ2) is 8.39. The van der Waals surface area contributed by atoms with E-state index in [2.05, 4.69) is 0 Å². The Morgan fingerprint density at radius 3 is 2.58 bits per heavy atom. The van der Waals surface area contributed by atoms with Crippen LogP contribution >= 0.6 is 0 Å². The van der Waals surface area contributed by atoms with Crippen LogP contribution in [-0.2, 0) is 11.2 Å². The maximum Gasteiger partial charge on any atom is 0.270 e. The fraction of sp³-hybridized carbons (Fsp3) is 0.158. The molecule has 0 spiro atoms. The van der Waals surface area contributed by atoms with Gasteiger partial charge in [0.05, 0.1) is 10.5 Å². The van der Waals surface area contributed by atoms with E-state index >= 15 is 0 Å². The van der Waals surface area contributed by atoms with E-state index in [9.17, 15) is 20.2 Å². The maximum atomic E-state index is 12.2. The molecule has 5 heteroatoms. The van der Waals surface area contributed by atoms with Gasteiger partial charge >= 0.3 is 0 Å². The Labute approximate surface area is 140 Å². The number of nitrogens with zero attached hydrogens (tertiary/aromatic N) is 2. The summed E-state index contributed by atoms with van der Waals surface area (Å²) in [4.78, 5) is 22.4. The average molecular weight is 320 g/mol. The van der Waals surface area contributed by atoms with E-state index in [-0.39, 0.29) is 23.5 Å². The van der Waals surface area contributed by atoms with Crippen LogP contribution in [0, 0.1) is 21.4 Å². The Hall–Kier alpha value is -3.26. The van der Waals surface area contributed by atoms with Crippen LogP contribution in [0.15, 0.2) is 60.2 Å². The zero-order valence-corrected chi connectivity index (χ0v) is 13.0. The number of nitro groups is 1. The summed E-state index contributed by atoms with van der Waals surface area (Å²) in [5, 5.41) is 20.0. The Bertz CT molecular complexity index is 805. The van der Waals surface area contributed by atoms with Crippen molar-refractivity contribution in [3.8, 4) is 6.07 Å². The van der Waals surface area contributed by atoms with E-state index < -0.39 is 4.92 Å². The number of carbonyl (C=O) groups is 1. The molecule has 0 saturated heterocycles. The van der Waals surface area contributed by atoms with Crippen LogP contribution in [-0.4, -0.2) is 10.7 Å². The molecule has 120 valence electrons. The Morgan fingerprint density at radius 2 is 1.92 bits per heavy atom. The molecule has 0 aromatic heterocycles. The molecule has 0 amide bonds. The number of nitro benzene ring substituents is 1. The summed E-state index contributed by atoms with van der Waals surface area (Å²) in [6.45, 7) is 0. The fourth-order valence-electron chi connectivity index (χ4n) is 2.30. The summed E-state index contributed by atoms with van der Waals surface area (Å²) in [7, 11) is 0. The smallest absolute Gasteiger partial charge is 0.270 e. The molecule has 2 aromatic rings. The van der Waals surface area contributed by atoms with Gasteiger partial charge in [-0.15, -0.1) is 0 Å². The van der Waals surface area contributed by atoms with Crippen molar-refractivity contribution in [1.82, 2.24) is 0 Å². The molecule has 0 unspecified atom stereocenters. The van der Waals surface area contributed by atoms with Crippen LogP contribution in [0.2, 0.25) is 0 Å². The topological polar surface area (TPSA) is 84.0 Å². The van der Waals surface area contributed by atoms with E-state index in [4.69, 9.17) is 0 Å². The molecule has 0 aliphatic rings. The number of allylic oxidation sites excluding steroid dienone is 1. The normalized spacial score (nSPS) is 10.9. The Kier molecular flexibility index (Phi) is 5.98. The van der Waals surface area contributed by atoms with Crippen molar-refractivity contribution in [1.29, 1.82) is 5.26 Å². The van der Waals surface area contributed by atoms with Crippen molar-refractivity contribution in [2.24, 2.45) is 0 Å². The average Bonchev–Trinajstić information content (AvgIpc) is 2.60. The highest BCUT2D eigenvalue weighted by atomic mass is 16.6. The van der Waals surface area contributed by atoms with Crippen LogP contribution in [0.4, 0.5) is 5.69 Å². The number of hydrogen-bond acceptors (Lipinski definition) is 4. The third-order valence-corrected chi connectivity index (χ3v) is 3.53. The molecular formula is C19H16N2O3. The summed E-state index contributed by atoms with van der Waals surface area (Å²) in [6.07, 6.45) is 3.08. The molecule has 0 aliphatic heterocycles. The lowest BCUT2D eigenvalue weighted by Crippen LogP contribution is -2.02. The maximum absolute atomic E-state index is 12.2. The molecule has 2 aromatic carbocycles. The van der Waals surface area contributed by atoms with Gasteiger partial charge in [0.15, 0.2) is 5.78 Å². The zero-order chi connectivity index (χ0) is 17.4. The molecule has 0 saturated carbocycles. The summed E-state index contributed by atoms with van der Waals surface area (Å²) < 4.78 is 0. The predicted octanol–water partition coefficient (Wildman–Crippen LogP) is 4.09. The van der Waals surface area contributed by atoms with Crippen LogP contribution in [0.1, 0.15) is 24.0 Å². The highest BCUT2D eigenvalue weighted by Crippen LogP contribution is 2.17. The third-order valence-electron chi connectivity index (χ3n) is 3.53. The minimum atomic E-state index is -0.509. The molecule has 0 radical (unpaired) electrons. The first-order chi connectivity index (χ1) is 11.6. The molecule has 0 bridgehead atoms. The molecule has 24 heavy (non-hydrogen) atoms. The summed E-state index contributed by atoms with van der Waals surface area (Å²) in [5.74, 6) is -0.250. The minimum Gasteiger partial charge on any atom is -0.293 e. The van der Waals surface area contributed by atoms with Crippen molar-refractivity contribution < 1.29 is 9.72 Å². The summed E-state index contributed by atoms with van der Waals surface area (Å²) in [5.41, 5.74) is 1.56. The third kappa shape index (κ3) is 4.89. The predicted molar refractivity (Wildman–Crippen MR) is 91.1 cm³/mol. The Balaban J connectivity index is 2.02. The van der Waals surface area contributed by atoms with Gasteiger partial charge in [-0.3, -0.25) is 14.9 Å². The van der Waals surface area contributed by atoms with Gasteiger partial charge in [-0.25, -0.2) is 0 Å². The number of carbonyl (C=O) groups excluding carboxylic acids is 1. The van der Waals surface area contributed by atoms with E-state index in [0.29, 0.717) is 12.0 Å². The van der Waals surface area contributed by atoms with Crippen molar-refractivity contribution in [3.63, 3.8) is 0 Å². The minimum absolute atomic E-state index is 0.0172. The molecule has 0 atom stereocenters. The molecular weight excluding hydrogens is 304 g/mol. The highest BCUT2D eigenvalue weighted by molar-refractivity contribution is 6.03. The molecule has 2 rings (SSSR count). The van der Waals surface area contributed by atoms with Gasteiger partial charge in [0.25, 0.3) is 5.69 Å². The number of nitriles is 1. The van der Waals surface area contributed by atoms with Crippen LogP contribution in [0.5, 0.6) is 0 Å². The number of ketones is 1. The van der Waals surface area contributed by atoms with Gasteiger partial charge in [-0.2, -0.15) is 5.26 Å². The lowest BCUT2D eigenvalue weighted by molar-refractivity contribution is -0.384. The number of non-ortho nitro benzene ring substituents is 1. The van der Waals surface area contributed by atoms with Gasteiger partial charge in [0.1, 0.15) is 6.07 Å². The number of rotatable bonds is 7. The number of aryl methyl sites for hydroxylation is 1. The largest absolute Gasteiger partial charge is 0.293 e. The van der Waals surface area contributed by atoms with Gasteiger partial charge in [0.2, 0.25) is 0 Å². The highest BCUT2D eigenvalue weighted by Gasteiger charge is 2.11. The number of hydrogen-bond donors (Lipinski definition) is 0. The van der Waals surface area contributed by atoms with Crippen LogP contribution in [0.25, 0.3) is 6.08 Å². The van der Waals surface area contributed by atoms with E-state index in [0.717, 1.165) is 12.0 Å². The first kappa shape index (κ1) is 17.1. The SMILES string of the molecule is N#C/C(=C\c1cccc([N+](=O)[O-])c1)C(=O)CCCc1ccccc1. The lowest BCUT2D eigenvalue weighted by Gasteiger charge is -2.01. The monoisotopic (exact) mass is 320 g/mol. The lowest BCUT2D eigenvalue weighted by atomic mass is 10.0. The van der Waals surface area contributed by atoms with Gasteiger partial charge < -0.3 is 0 Å². The molecule has 0 aliphatic carbocycles. The fourth-order valence-corrected chi connectivity index (χ4v) is 2.30. The number of benzene rings is 2. The number of Topliss-reactive ketones (excluding diaryl/α,β-unsaturated/α-hetero) is 1. The van der Waals surface area contributed by atoms with E-state index in [1.165, 1.54) is 24.3 Å². The van der Waals surface area contributed by atoms with Crippen molar-refractivity contribution in [2.75, 3.05) is 0 Å². The van der Waals surface area contributed by atoms with E-state index in [1.807, 2.05) is 36.4 Å². The Morgan fingerprint density at radius 1 is 1.17 bits per heavy atom. The van der Waals surface area contributed by atoms with Crippen molar-refractivity contribution in [3.05, 3.63) is 81.4 Å². The van der Waals surface area contributed by atoms with Crippen LogP contribution in [0.3, 0.4) is 0 Å². The second-order valence-corrected chi connectivity index (χ2v) is 5.28.